The molecule has 0 aliphatic rings. The van der Waals surface area contributed by atoms with Gasteiger partial charge in [0.15, 0.2) is 10.5 Å². The van der Waals surface area contributed by atoms with Gasteiger partial charge in [-0.1, -0.05) is 89.6 Å². The van der Waals surface area contributed by atoms with E-state index in [9.17, 15) is 0 Å². The Morgan fingerprint density at radius 3 is 2.42 bits per heavy atom. The highest BCUT2D eigenvalue weighted by molar-refractivity contribution is 7.16. The van der Waals surface area contributed by atoms with Crippen LogP contribution in [0.5, 0.6) is 5.75 Å². The van der Waals surface area contributed by atoms with E-state index in [1.165, 1.54) is 5.56 Å². The summed E-state index contributed by atoms with van der Waals surface area (Å²) in [5.74, 6) is 1.20. The Morgan fingerprint density at radius 2 is 1.77 bits per heavy atom. The van der Waals surface area contributed by atoms with E-state index in [4.69, 9.17) is 20.6 Å². The fraction of sp³-hybridized carbons (Fsp3) is 0.484. The molecule has 0 unspecified atom stereocenters. The number of fused-ring (bicyclic) bond motifs is 1. The zero-order valence-electron chi connectivity index (χ0n) is 24.9. The number of nitrogens with two attached hydrogens (primary N) is 1. The fourth-order valence-electron chi connectivity index (χ4n) is 4.50. The number of thiazole rings is 1. The van der Waals surface area contributed by atoms with Gasteiger partial charge < -0.3 is 15.0 Å². The molecule has 0 spiro atoms. The van der Waals surface area contributed by atoms with Crippen molar-refractivity contribution >= 4 is 38.7 Å². The molecule has 4 aromatic rings. The molecule has 0 saturated heterocycles. The summed E-state index contributed by atoms with van der Waals surface area (Å²) in [7, 11) is 1.83. The van der Waals surface area contributed by atoms with Crippen molar-refractivity contribution in [3.8, 4) is 5.75 Å². The number of unbranched alkanes of at least 4 members (excludes halogenated alkanes) is 1. The van der Waals surface area contributed by atoms with Gasteiger partial charge in [-0.25, -0.2) is 0 Å². The van der Waals surface area contributed by atoms with Crippen molar-refractivity contribution in [3.63, 3.8) is 0 Å². The lowest BCUT2D eigenvalue weighted by atomic mass is 9.91. The van der Waals surface area contributed by atoms with Gasteiger partial charge in [0, 0.05) is 25.1 Å². The summed E-state index contributed by atoms with van der Waals surface area (Å²) in [5.41, 5.74) is 10.5. The van der Waals surface area contributed by atoms with Crippen LogP contribution in [0.4, 0.5) is 17.2 Å². The molecule has 2 heterocycles. The van der Waals surface area contributed by atoms with Crippen LogP contribution in [-0.4, -0.2) is 27.0 Å². The standard InChI is InChI=1S/C31H43N7OS/c1-8-11-17-33-30-38(20-21-15-13-12-14-16-21)24-19-25(39-22(9-2)10-3)23(18-26(24)40-30)34-35-27-28(31(4,5)6)36-37(7)29(27)32/h12-16,18-19,22H,8-11,17,20,32H2,1-7H3. The van der Waals surface area contributed by atoms with Gasteiger partial charge in [-0.2, -0.15) is 5.10 Å². The predicted molar refractivity (Wildman–Crippen MR) is 166 cm³/mol. The smallest absolute Gasteiger partial charge is 0.186 e. The Balaban J connectivity index is 1.89. The Labute approximate surface area is 241 Å². The lowest BCUT2D eigenvalue weighted by molar-refractivity contribution is 0.194. The van der Waals surface area contributed by atoms with E-state index in [0.29, 0.717) is 22.9 Å². The minimum absolute atomic E-state index is 0.0786. The molecule has 0 atom stereocenters. The average Bonchev–Trinajstić information content (AvgIpc) is 3.41. The fourth-order valence-corrected chi connectivity index (χ4v) is 5.57. The number of nitrogens with zero attached hydrogens (tertiary/aromatic N) is 6. The number of benzene rings is 2. The number of rotatable bonds is 11. The number of anilines is 1. The first-order valence-electron chi connectivity index (χ1n) is 14.3. The molecule has 2 aromatic carbocycles. The van der Waals surface area contributed by atoms with Crippen molar-refractivity contribution in [1.29, 1.82) is 0 Å². The monoisotopic (exact) mass is 561 g/mol. The highest BCUT2D eigenvalue weighted by Crippen LogP contribution is 2.39. The number of azo groups is 1. The molecule has 0 aliphatic heterocycles. The van der Waals surface area contributed by atoms with Gasteiger partial charge in [0.25, 0.3) is 0 Å². The molecular formula is C31H43N7OS. The second-order valence-electron chi connectivity index (χ2n) is 11.2. The van der Waals surface area contributed by atoms with Crippen LogP contribution in [0, 0.1) is 0 Å². The van der Waals surface area contributed by atoms with E-state index in [1.807, 2.05) is 13.1 Å². The van der Waals surface area contributed by atoms with E-state index in [1.54, 1.807) is 16.0 Å². The number of aryl methyl sites for hydroxylation is 1. The van der Waals surface area contributed by atoms with Gasteiger partial charge in [0.05, 0.1) is 28.6 Å². The highest BCUT2D eigenvalue weighted by Gasteiger charge is 2.25. The molecular weight excluding hydrogens is 518 g/mol. The van der Waals surface area contributed by atoms with Gasteiger partial charge in [-0.05, 0) is 30.9 Å². The Bertz CT molecular complexity index is 1520. The van der Waals surface area contributed by atoms with E-state index in [2.05, 4.69) is 92.7 Å². The molecule has 8 nitrogen and oxygen atoms in total. The van der Waals surface area contributed by atoms with Crippen LogP contribution < -0.4 is 15.3 Å². The SMILES string of the molecule is CCCCN=c1sc2cc(N=Nc3c(C(C)(C)C)nn(C)c3N)c(OC(CC)CC)cc2n1Cc1ccccc1. The van der Waals surface area contributed by atoms with Crippen molar-refractivity contribution in [1.82, 2.24) is 14.3 Å². The Morgan fingerprint density at radius 1 is 1.05 bits per heavy atom. The maximum atomic E-state index is 6.54. The van der Waals surface area contributed by atoms with Gasteiger partial charge >= 0.3 is 0 Å². The number of ether oxygens (including phenoxy) is 1. The Hall–Kier alpha value is -3.46. The summed E-state index contributed by atoms with van der Waals surface area (Å²) >= 11 is 1.68. The van der Waals surface area contributed by atoms with E-state index in [-0.39, 0.29) is 11.5 Å². The van der Waals surface area contributed by atoms with Crippen LogP contribution >= 0.6 is 11.3 Å². The zero-order valence-corrected chi connectivity index (χ0v) is 25.8. The quantitative estimate of drug-likeness (QED) is 0.148. The molecule has 214 valence electrons. The molecule has 9 heteroatoms. The van der Waals surface area contributed by atoms with Crippen molar-refractivity contribution in [2.75, 3.05) is 12.3 Å². The van der Waals surface area contributed by atoms with Crippen molar-refractivity contribution in [2.45, 2.75) is 85.3 Å². The second-order valence-corrected chi connectivity index (χ2v) is 12.2. The van der Waals surface area contributed by atoms with Crippen molar-refractivity contribution in [2.24, 2.45) is 22.3 Å². The molecule has 0 aliphatic carbocycles. The highest BCUT2D eigenvalue weighted by atomic mass is 32.1. The van der Waals surface area contributed by atoms with Crippen LogP contribution in [0.1, 0.15) is 78.5 Å². The van der Waals surface area contributed by atoms with Crippen LogP contribution in [0.25, 0.3) is 10.2 Å². The minimum Gasteiger partial charge on any atom is -0.488 e. The van der Waals surface area contributed by atoms with Gasteiger partial charge in [-0.15, -0.1) is 10.2 Å². The normalized spacial score (nSPS) is 12.8. The molecule has 0 bridgehead atoms. The van der Waals surface area contributed by atoms with Crippen LogP contribution in [0.2, 0.25) is 0 Å². The molecule has 0 saturated carbocycles. The van der Waals surface area contributed by atoms with Gasteiger partial charge in [0.2, 0.25) is 0 Å². The van der Waals surface area contributed by atoms with E-state index in [0.717, 1.165) is 59.5 Å². The summed E-state index contributed by atoms with van der Waals surface area (Å²) in [4.78, 5) is 5.99. The number of hydrogen-bond donors (Lipinski definition) is 1. The van der Waals surface area contributed by atoms with Crippen molar-refractivity contribution in [3.05, 3.63) is 58.5 Å². The number of nitrogen functional groups attached to an aromatic ring is 1. The lowest BCUT2D eigenvalue weighted by Crippen LogP contribution is -2.17. The predicted octanol–water partition coefficient (Wildman–Crippen LogP) is 8.05. The molecule has 4 rings (SSSR count). The third kappa shape index (κ3) is 6.63. The third-order valence-electron chi connectivity index (χ3n) is 6.94. The molecule has 2 aromatic heterocycles. The maximum absolute atomic E-state index is 6.54. The molecule has 0 amide bonds. The first-order chi connectivity index (χ1) is 19.2. The third-order valence-corrected chi connectivity index (χ3v) is 8.02. The maximum Gasteiger partial charge on any atom is 0.186 e. The number of aromatic nitrogens is 3. The van der Waals surface area contributed by atoms with Crippen LogP contribution in [0.15, 0.2) is 57.7 Å². The molecule has 0 fully saturated rings. The van der Waals surface area contributed by atoms with Crippen LogP contribution in [0.3, 0.4) is 0 Å². The van der Waals surface area contributed by atoms with Gasteiger partial charge in [0.1, 0.15) is 17.3 Å². The summed E-state index contributed by atoms with van der Waals surface area (Å²) in [6.45, 7) is 14.3. The topological polar surface area (TPSA) is 95.1 Å². The first kappa shape index (κ1) is 29.5. The van der Waals surface area contributed by atoms with E-state index >= 15 is 0 Å². The second kappa shape index (κ2) is 12.8. The molecule has 2 N–H and O–H groups in total. The Kier molecular flexibility index (Phi) is 9.45. The lowest BCUT2D eigenvalue weighted by Gasteiger charge is -2.18. The zero-order chi connectivity index (χ0) is 28.9. The summed E-state index contributed by atoms with van der Waals surface area (Å²) in [6, 6.07) is 14.7. The van der Waals surface area contributed by atoms with Crippen LogP contribution in [-0.2, 0) is 19.0 Å². The summed E-state index contributed by atoms with van der Waals surface area (Å²) in [6.07, 6.45) is 4.05. The summed E-state index contributed by atoms with van der Waals surface area (Å²) < 4.78 is 11.6. The average molecular weight is 562 g/mol. The minimum atomic E-state index is -0.228. The summed E-state index contributed by atoms with van der Waals surface area (Å²) in [5, 5.41) is 14.0. The first-order valence-corrected chi connectivity index (χ1v) is 15.1. The van der Waals surface area contributed by atoms with E-state index < -0.39 is 0 Å². The largest absolute Gasteiger partial charge is 0.488 e. The number of hydrogen-bond acceptors (Lipinski definition) is 7. The molecule has 0 radical (unpaired) electrons. The van der Waals surface area contributed by atoms with Crippen molar-refractivity contribution < 1.29 is 4.74 Å². The molecule has 40 heavy (non-hydrogen) atoms. The van der Waals surface area contributed by atoms with Gasteiger partial charge in [-0.3, -0.25) is 9.67 Å².